The van der Waals surface area contributed by atoms with Crippen LogP contribution >= 0.6 is 23.2 Å². The number of benzene rings is 1. The Hall–Kier alpha value is -3.02. The predicted octanol–water partition coefficient (Wildman–Crippen LogP) is 5.32. The Kier molecular flexibility index (Phi) is 9.83. The summed E-state index contributed by atoms with van der Waals surface area (Å²) in [7, 11) is 3.60. The summed E-state index contributed by atoms with van der Waals surface area (Å²) in [4.78, 5) is 32.7. The van der Waals surface area contributed by atoms with Crippen molar-refractivity contribution in [1.82, 2.24) is 24.8 Å². The molecule has 2 unspecified atom stereocenters. The largest absolute Gasteiger partial charge is 0.467 e. The van der Waals surface area contributed by atoms with Crippen molar-refractivity contribution in [1.29, 1.82) is 0 Å². The summed E-state index contributed by atoms with van der Waals surface area (Å²) in [6.07, 6.45) is 7.51. The Balaban J connectivity index is 1.16. The van der Waals surface area contributed by atoms with Gasteiger partial charge in [-0.25, -0.2) is 19.7 Å². The fraction of sp³-hybridized carbons (Fsp3) is 0.500. The van der Waals surface area contributed by atoms with Crippen LogP contribution in [0.25, 0.3) is 11.3 Å². The molecule has 44 heavy (non-hydrogen) atoms. The van der Waals surface area contributed by atoms with E-state index in [1.165, 1.54) is 13.5 Å². The van der Waals surface area contributed by atoms with E-state index in [1.54, 1.807) is 18.5 Å². The van der Waals surface area contributed by atoms with Gasteiger partial charge in [0.05, 0.1) is 31.3 Å². The maximum absolute atomic E-state index is 11.4. The van der Waals surface area contributed by atoms with Crippen LogP contribution in [-0.2, 0) is 20.8 Å². The molecule has 0 saturated carbocycles. The third-order valence-electron chi connectivity index (χ3n) is 8.86. The molecule has 3 fully saturated rings. The van der Waals surface area contributed by atoms with E-state index in [0.29, 0.717) is 45.9 Å². The molecule has 3 aliphatic heterocycles. The number of hydrogen-bond acceptors (Lipinski definition) is 10. The van der Waals surface area contributed by atoms with Gasteiger partial charge in [-0.05, 0) is 75.0 Å². The lowest BCUT2D eigenvalue weighted by Gasteiger charge is -2.36. The Bertz CT molecular complexity index is 1430. The summed E-state index contributed by atoms with van der Waals surface area (Å²) in [6, 6.07) is 10.0. The van der Waals surface area contributed by atoms with Gasteiger partial charge >= 0.3 is 5.97 Å². The number of carbonyl (C=O) groups is 1. The first-order chi connectivity index (χ1) is 21.3. The summed E-state index contributed by atoms with van der Waals surface area (Å²) in [6.45, 7) is 5.47. The number of anilines is 1. The molecule has 5 heterocycles. The van der Waals surface area contributed by atoms with E-state index in [0.717, 1.165) is 69.1 Å². The zero-order chi connectivity index (χ0) is 30.6. The number of pyridine rings is 1. The third kappa shape index (κ3) is 7.61. The SMILES string of the molecule is COC(=O)COC1CCN(Cc2cc(Oc3cnc(N4CCC5C(CCN5C)C4)nc3)nc(-c3cc(Cl)cc(Cl)c3)c2)CC1. The summed E-state index contributed by atoms with van der Waals surface area (Å²) in [5.41, 5.74) is 2.55. The molecule has 0 N–H and O–H groups in total. The summed E-state index contributed by atoms with van der Waals surface area (Å²) in [5, 5.41) is 1.07. The van der Waals surface area contributed by atoms with Gasteiger partial charge in [0.1, 0.15) is 6.61 Å². The van der Waals surface area contributed by atoms with Crippen molar-refractivity contribution in [3.8, 4) is 22.9 Å². The van der Waals surface area contributed by atoms with Crippen molar-refractivity contribution in [3.63, 3.8) is 0 Å². The van der Waals surface area contributed by atoms with E-state index >= 15 is 0 Å². The van der Waals surface area contributed by atoms with Gasteiger partial charge < -0.3 is 24.0 Å². The molecular weight excluding hydrogens is 603 g/mol. The number of nitrogens with zero attached hydrogens (tertiary/aromatic N) is 6. The van der Waals surface area contributed by atoms with Gasteiger partial charge in [0, 0.05) is 60.4 Å². The zero-order valence-electron chi connectivity index (χ0n) is 25.1. The molecule has 3 aromatic rings. The first kappa shape index (κ1) is 31.0. The molecule has 6 rings (SSSR count). The lowest BCUT2D eigenvalue weighted by Crippen LogP contribution is -2.45. The van der Waals surface area contributed by atoms with Crippen molar-refractivity contribution >= 4 is 35.1 Å². The smallest absolute Gasteiger partial charge is 0.331 e. The van der Waals surface area contributed by atoms with Crippen molar-refractivity contribution in [2.24, 2.45) is 5.92 Å². The first-order valence-corrected chi connectivity index (χ1v) is 15.9. The molecule has 3 aliphatic rings. The Labute approximate surface area is 268 Å². The standard InChI is InChI=1S/C32H38Cl2N6O4/c1-38-7-3-22-19-40(10-6-29(22)38)32-35-16-27(17-36-32)44-30-12-21(11-28(37-30)23-13-24(33)15-25(34)14-23)18-39-8-4-26(5-9-39)43-20-31(41)42-2/h11-17,22,26,29H,3-10,18-20H2,1-2H3. The molecule has 10 nitrogen and oxygen atoms in total. The number of fused-ring (bicyclic) bond motifs is 1. The molecule has 2 aromatic heterocycles. The number of piperidine rings is 2. The maximum atomic E-state index is 11.4. The van der Waals surface area contributed by atoms with Crippen molar-refractivity contribution in [3.05, 3.63) is 58.3 Å². The third-order valence-corrected chi connectivity index (χ3v) is 9.29. The van der Waals surface area contributed by atoms with Crippen molar-refractivity contribution in [2.75, 3.05) is 58.4 Å². The molecule has 2 atom stereocenters. The summed E-state index contributed by atoms with van der Waals surface area (Å²) >= 11 is 12.7. The predicted molar refractivity (Wildman–Crippen MR) is 169 cm³/mol. The molecule has 234 valence electrons. The topological polar surface area (TPSA) is 93.1 Å². The number of halogens is 2. The Morgan fingerprint density at radius 2 is 1.70 bits per heavy atom. The van der Waals surface area contributed by atoms with Gasteiger partial charge in [-0.3, -0.25) is 4.90 Å². The minimum Gasteiger partial charge on any atom is -0.467 e. The van der Waals surface area contributed by atoms with Crippen LogP contribution in [0.4, 0.5) is 5.95 Å². The van der Waals surface area contributed by atoms with Crippen LogP contribution in [0.1, 0.15) is 31.2 Å². The van der Waals surface area contributed by atoms with Crippen molar-refractivity contribution in [2.45, 2.75) is 44.4 Å². The highest BCUT2D eigenvalue weighted by molar-refractivity contribution is 6.35. The number of methoxy groups -OCH3 is 1. The molecule has 0 bridgehead atoms. The average molecular weight is 642 g/mol. The first-order valence-electron chi connectivity index (χ1n) is 15.2. The molecule has 12 heteroatoms. The lowest BCUT2D eigenvalue weighted by atomic mass is 9.93. The van der Waals surface area contributed by atoms with E-state index in [4.69, 9.17) is 37.7 Å². The van der Waals surface area contributed by atoms with Gasteiger partial charge in [0.15, 0.2) is 5.75 Å². The molecule has 3 saturated heterocycles. The number of esters is 1. The Morgan fingerprint density at radius 3 is 2.43 bits per heavy atom. The monoisotopic (exact) mass is 640 g/mol. The quantitative estimate of drug-likeness (QED) is 0.286. The number of carbonyl (C=O) groups excluding carboxylic acids is 1. The van der Waals surface area contributed by atoms with Crippen LogP contribution in [0.2, 0.25) is 10.0 Å². The minimum absolute atomic E-state index is 0.0148. The van der Waals surface area contributed by atoms with E-state index in [9.17, 15) is 4.79 Å². The molecular formula is C32H38Cl2N6O4. The highest BCUT2D eigenvalue weighted by Crippen LogP contribution is 2.33. The molecule has 0 spiro atoms. The summed E-state index contributed by atoms with van der Waals surface area (Å²) in [5.74, 6) is 2.01. The van der Waals surface area contributed by atoms with Gasteiger partial charge in [0.2, 0.25) is 11.8 Å². The normalized spacial score (nSPS) is 21.3. The van der Waals surface area contributed by atoms with Gasteiger partial charge in [0.25, 0.3) is 0 Å². The minimum atomic E-state index is -0.354. The summed E-state index contributed by atoms with van der Waals surface area (Å²) < 4.78 is 16.6. The fourth-order valence-corrected chi connectivity index (χ4v) is 7.06. The number of rotatable bonds is 9. The molecule has 0 amide bonds. The van der Waals surface area contributed by atoms with Crippen LogP contribution < -0.4 is 9.64 Å². The second-order valence-corrected chi connectivity index (χ2v) is 12.7. The van der Waals surface area contributed by atoms with Crippen molar-refractivity contribution < 1.29 is 19.0 Å². The van der Waals surface area contributed by atoms with Gasteiger partial charge in [-0.1, -0.05) is 23.2 Å². The lowest BCUT2D eigenvalue weighted by molar-refractivity contribution is -0.149. The fourth-order valence-electron chi connectivity index (χ4n) is 6.54. The second kappa shape index (κ2) is 14.0. The van der Waals surface area contributed by atoms with Crippen LogP contribution in [-0.4, -0.2) is 96.4 Å². The number of likely N-dealkylation sites (tertiary alicyclic amines) is 2. The van der Waals surface area contributed by atoms with Crippen LogP contribution in [0.15, 0.2) is 42.7 Å². The molecule has 0 aliphatic carbocycles. The Morgan fingerprint density at radius 1 is 0.955 bits per heavy atom. The maximum Gasteiger partial charge on any atom is 0.331 e. The number of ether oxygens (including phenoxy) is 3. The van der Waals surface area contributed by atoms with Gasteiger partial charge in [-0.2, -0.15) is 0 Å². The number of aromatic nitrogens is 3. The van der Waals surface area contributed by atoms with Gasteiger partial charge in [-0.15, -0.1) is 0 Å². The van der Waals surface area contributed by atoms with Crippen LogP contribution in [0.3, 0.4) is 0 Å². The zero-order valence-corrected chi connectivity index (χ0v) is 26.6. The van der Waals surface area contributed by atoms with E-state index in [1.807, 2.05) is 24.3 Å². The molecule has 0 radical (unpaired) electrons. The van der Waals surface area contributed by atoms with E-state index in [-0.39, 0.29) is 18.7 Å². The van der Waals surface area contributed by atoms with Crippen LogP contribution in [0, 0.1) is 5.92 Å². The van der Waals surface area contributed by atoms with Crippen LogP contribution in [0.5, 0.6) is 11.6 Å². The number of hydrogen-bond donors (Lipinski definition) is 0. The highest BCUT2D eigenvalue weighted by atomic mass is 35.5. The second-order valence-electron chi connectivity index (χ2n) is 11.9. The van der Waals surface area contributed by atoms with E-state index < -0.39 is 0 Å². The van der Waals surface area contributed by atoms with E-state index in [2.05, 4.69) is 36.5 Å². The average Bonchev–Trinajstić information content (AvgIpc) is 3.40. The molecule has 1 aromatic carbocycles. The highest BCUT2D eigenvalue weighted by Gasteiger charge is 2.37.